The number of carbonyl (C=O) groups is 1. The van der Waals surface area contributed by atoms with Crippen LogP contribution < -0.4 is 10.4 Å². The maximum absolute atomic E-state index is 13.2. The molecule has 0 unspecified atom stereocenters. The average Bonchev–Trinajstić information content (AvgIpc) is 2.97. The van der Waals surface area contributed by atoms with Crippen LogP contribution in [0.25, 0.3) is 0 Å². The monoisotopic (exact) mass is 534 g/mol. The van der Waals surface area contributed by atoms with Crippen molar-refractivity contribution in [2.75, 3.05) is 0 Å². The van der Waals surface area contributed by atoms with Gasteiger partial charge in [-0.05, 0) is 27.4 Å². The van der Waals surface area contributed by atoms with Crippen LogP contribution in [0.4, 0.5) is 0 Å². The molecule has 0 radical (unpaired) electrons. The van der Waals surface area contributed by atoms with Crippen molar-refractivity contribution in [2.45, 2.75) is 63.4 Å². The molecule has 1 saturated heterocycles. The summed E-state index contributed by atoms with van der Waals surface area (Å²) in [5.74, 6) is 0.110. The van der Waals surface area contributed by atoms with E-state index in [1.807, 2.05) is 36.4 Å². The molecule has 1 heterocycles. The number of benzene rings is 4. The van der Waals surface area contributed by atoms with Gasteiger partial charge in [0.15, 0.2) is 5.78 Å². The maximum Gasteiger partial charge on any atom is 0.261 e. The van der Waals surface area contributed by atoms with Crippen molar-refractivity contribution in [3.8, 4) is 0 Å². The Morgan fingerprint density at radius 2 is 1.23 bits per heavy atom. The Hall–Kier alpha value is -3.31. The van der Waals surface area contributed by atoms with Crippen molar-refractivity contribution >= 4 is 24.5 Å². The molecule has 0 N–H and O–H groups in total. The summed E-state index contributed by atoms with van der Waals surface area (Å²) < 4.78 is 14.2. The van der Waals surface area contributed by atoms with Gasteiger partial charge in [0.2, 0.25) is 0 Å². The lowest BCUT2D eigenvalue weighted by atomic mass is 9.93. The minimum Gasteiger partial charge on any atom is -0.404 e. The Labute approximate surface area is 234 Å². The van der Waals surface area contributed by atoms with Crippen molar-refractivity contribution in [1.82, 2.24) is 0 Å². The van der Waals surface area contributed by atoms with Crippen molar-refractivity contribution < 1.29 is 14.0 Å². The van der Waals surface area contributed by atoms with E-state index in [9.17, 15) is 4.79 Å². The summed E-state index contributed by atoms with van der Waals surface area (Å²) >= 11 is 0. The number of ether oxygens (including phenoxy) is 1. The quantitative estimate of drug-likeness (QED) is 0.178. The molecule has 3 atom stereocenters. The van der Waals surface area contributed by atoms with Crippen LogP contribution in [0.5, 0.6) is 0 Å². The molecular formula is C35H38O3Si. The lowest BCUT2D eigenvalue weighted by Crippen LogP contribution is -2.68. The molecule has 3 nitrogen and oxygen atoms in total. The molecule has 4 aromatic carbocycles. The molecular weight excluding hydrogens is 496 g/mol. The van der Waals surface area contributed by atoms with Gasteiger partial charge in [-0.3, -0.25) is 4.79 Å². The Kier molecular flexibility index (Phi) is 8.27. The second-order valence-electron chi connectivity index (χ2n) is 11.5. The van der Waals surface area contributed by atoms with Crippen molar-refractivity contribution in [3.63, 3.8) is 0 Å². The molecule has 5 rings (SSSR count). The molecule has 0 spiro atoms. The molecule has 0 aromatic heterocycles. The van der Waals surface area contributed by atoms with Gasteiger partial charge in [-0.2, -0.15) is 0 Å². The first-order valence-electron chi connectivity index (χ1n) is 13.9. The lowest BCUT2D eigenvalue weighted by Gasteiger charge is -2.47. The third kappa shape index (κ3) is 5.99. The highest BCUT2D eigenvalue weighted by molar-refractivity contribution is 6.99. The summed E-state index contributed by atoms with van der Waals surface area (Å²) in [4.78, 5) is 13.2. The summed E-state index contributed by atoms with van der Waals surface area (Å²) in [7, 11) is -2.74. The predicted molar refractivity (Wildman–Crippen MR) is 161 cm³/mol. The third-order valence-corrected chi connectivity index (χ3v) is 12.9. The van der Waals surface area contributed by atoms with Gasteiger partial charge in [0.05, 0.1) is 18.3 Å². The zero-order chi connectivity index (χ0) is 27.3. The number of hydrogen-bond acceptors (Lipinski definition) is 3. The van der Waals surface area contributed by atoms with Crippen molar-refractivity contribution in [2.24, 2.45) is 0 Å². The molecule has 1 fully saturated rings. The predicted octanol–water partition coefficient (Wildman–Crippen LogP) is 7.12. The highest BCUT2D eigenvalue weighted by atomic mass is 28.4. The van der Waals surface area contributed by atoms with Gasteiger partial charge in [0, 0.05) is 18.4 Å². The van der Waals surface area contributed by atoms with Crippen LogP contribution in [0.15, 0.2) is 121 Å². The van der Waals surface area contributed by atoms with Gasteiger partial charge >= 0.3 is 0 Å². The van der Waals surface area contributed by atoms with E-state index < -0.39 is 8.32 Å². The normalized spacial score (nSPS) is 19.9. The van der Waals surface area contributed by atoms with Crippen LogP contribution in [0.1, 0.15) is 62.1 Å². The van der Waals surface area contributed by atoms with Crippen LogP contribution in [0, 0.1) is 0 Å². The Balaban J connectivity index is 1.52. The van der Waals surface area contributed by atoms with Crippen LogP contribution >= 0.6 is 0 Å². The summed E-state index contributed by atoms with van der Waals surface area (Å²) in [5.41, 5.74) is 1.86. The van der Waals surface area contributed by atoms with Crippen molar-refractivity contribution in [3.05, 3.63) is 132 Å². The SMILES string of the molecule is CC(C)(C)[Si](O[C@H]1C[C@H](CC(=O)c2ccccc2)O[C@H](c2ccccc2)C1)(c1ccccc1)c1ccccc1. The first kappa shape index (κ1) is 27.3. The van der Waals surface area contributed by atoms with Crippen molar-refractivity contribution in [1.29, 1.82) is 0 Å². The fraction of sp³-hybridized carbons (Fsp3) is 0.286. The largest absolute Gasteiger partial charge is 0.404 e. The molecule has 0 amide bonds. The number of Topliss-reactive ketones (excluding diaryl/α,β-unsaturated/α-hetero) is 1. The van der Waals surface area contributed by atoms with Crippen LogP contribution in [-0.2, 0) is 9.16 Å². The van der Waals surface area contributed by atoms with E-state index in [1.54, 1.807) is 0 Å². The van der Waals surface area contributed by atoms with Crippen LogP contribution in [0.3, 0.4) is 0 Å². The molecule has 1 aliphatic rings. The molecule has 1 aliphatic heterocycles. The topological polar surface area (TPSA) is 35.5 Å². The average molecular weight is 535 g/mol. The zero-order valence-electron chi connectivity index (χ0n) is 23.1. The number of rotatable bonds is 8. The highest BCUT2D eigenvalue weighted by Gasteiger charge is 2.52. The van der Waals surface area contributed by atoms with E-state index in [0.717, 1.165) is 17.5 Å². The van der Waals surface area contributed by atoms with Gasteiger partial charge < -0.3 is 9.16 Å². The lowest BCUT2D eigenvalue weighted by molar-refractivity contribution is -0.0919. The maximum atomic E-state index is 13.2. The van der Waals surface area contributed by atoms with E-state index in [1.165, 1.54) is 10.4 Å². The van der Waals surface area contributed by atoms with Gasteiger partial charge in [0.25, 0.3) is 8.32 Å². The molecule has 4 aromatic rings. The zero-order valence-corrected chi connectivity index (χ0v) is 24.1. The van der Waals surface area contributed by atoms with E-state index in [2.05, 4.69) is 106 Å². The Bertz CT molecular complexity index is 1300. The summed E-state index contributed by atoms with van der Waals surface area (Å²) in [6.45, 7) is 6.93. The Morgan fingerprint density at radius 3 is 1.74 bits per heavy atom. The molecule has 4 heteroatoms. The fourth-order valence-electron chi connectivity index (χ4n) is 5.97. The van der Waals surface area contributed by atoms with Gasteiger partial charge in [0.1, 0.15) is 0 Å². The summed E-state index contributed by atoms with van der Waals surface area (Å²) in [6, 6.07) is 41.4. The van der Waals surface area contributed by atoms with Crippen LogP contribution in [-0.4, -0.2) is 26.3 Å². The second kappa shape index (κ2) is 11.8. The number of ketones is 1. The van der Waals surface area contributed by atoms with Gasteiger partial charge in [-0.15, -0.1) is 0 Å². The van der Waals surface area contributed by atoms with E-state index in [4.69, 9.17) is 9.16 Å². The van der Waals surface area contributed by atoms with Gasteiger partial charge in [-0.1, -0.05) is 142 Å². The molecule has 0 aliphatic carbocycles. The smallest absolute Gasteiger partial charge is 0.261 e. The molecule has 0 bridgehead atoms. The minimum absolute atomic E-state index is 0.0520. The van der Waals surface area contributed by atoms with E-state index in [-0.39, 0.29) is 29.1 Å². The summed E-state index contributed by atoms with van der Waals surface area (Å²) in [5, 5.41) is 2.41. The number of hydrogen-bond donors (Lipinski definition) is 0. The van der Waals surface area contributed by atoms with Crippen LogP contribution in [0.2, 0.25) is 5.04 Å². The van der Waals surface area contributed by atoms with E-state index in [0.29, 0.717) is 12.8 Å². The first-order chi connectivity index (χ1) is 18.9. The summed E-state index contributed by atoms with van der Waals surface area (Å²) in [6.07, 6.45) is 1.38. The molecule has 200 valence electrons. The highest BCUT2D eigenvalue weighted by Crippen LogP contribution is 2.41. The second-order valence-corrected chi connectivity index (χ2v) is 15.8. The number of carbonyl (C=O) groups excluding carboxylic acids is 1. The van der Waals surface area contributed by atoms with E-state index >= 15 is 0 Å². The first-order valence-corrected chi connectivity index (χ1v) is 15.8. The third-order valence-electron chi connectivity index (χ3n) is 7.80. The van der Waals surface area contributed by atoms with Gasteiger partial charge in [-0.25, -0.2) is 0 Å². The Morgan fingerprint density at radius 1 is 0.744 bits per heavy atom. The fourth-order valence-corrected chi connectivity index (χ4v) is 10.7. The standard InChI is InChI=1S/C35H38O3Si/c1-35(2,3)39(31-20-12-6-13-21-31,32-22-14-7-15-23-32)38-30-24-29(25-33(36)27-16-8-4-9-17-27)37-34(26-30)28-18-10-5-11-19-28/h4-23,29-30,34H,24-26H2,1-3H3/t29-,30+,34+/m1/s1. The minimum atomic E-state index is -2.74. The molecule has 0 saturated carbocycles. The molecule has 39 heavy (non-hydrogen) atoms.